The summed E-state index contributed by atoms with van der Waals surface area (Å²) in [6.45, 7) is 5.73. The minimum absolute atomic E-state index is 0. The van der Waals surface area contributed by atoms with Gasteiger partial charge in [0.05, 0.1) is 18.8 Å². The van der Waals surface area contributed by atoms with Gasteiger partial charge in [-0.15, -0.1) is 24.0 Å². The van der Waals surface area contributed by atoms with Crippen molar-refractivity contribution in [3.8, 4) is 5.75 Å². The molecule has 3 N–H and O–H groups in total. The highest BCUT2D eigenvalue weighted by Gasteiger charge is 2.06. The fourth-order valence-corrected chi connectivity index (χ4v) is 1.93. The zero-order valence-corrected chi connectivity index (χ0v) is 16.1. The lowest BCUT2D eigenvalue weighted by Crippen LogP contribution is -2.41. The summed E-state index contributed by atoms with van der Waals surface area (Å²) in [7, 11) is 0. The van der Waals surface area contributed by atoms with Gasteiger partial charge in [-0.25, -0.2) is 9.38 Å². The maximum atomic E-state index is 13.1. The Labute approximate surface area is 158 Å². The molecule has 2 aromatic rings. The molecule has 0 bridgehead atoms. The number of hydrogen-bond acceptors (Lipinski definition) is 3. The van der Waals surface area contributed by atoms with Gasteiger partial charge < -0.3 is 15.4 Å². The molecule has 0 aliphatic carbocycles. The van der Waals surface area contributed by atoms with Crippen molar-refractivity contribution in [2.45, 2.75) is 26.5 Å². The first kappa shape index (κ1) is 20.2. The number of aromatic nitrogens is 2. The van der Waals surface area contributed by atoms with Crippen molar-refractivity contribution in [1.82, 2.24) is 20.8 Å². The number of rotatable bonds is 7. The molecule has 0 saturated carbocycles. The van der Waals surface area contributed by atoms with E-state index in [0.717, 1.165) is 12.2 Å². The topological polar surface area (TPSA) is 74.3 Å². The Hall–Kier alpha value is -1.84. The minimum atomic E-state index is -0.308. The number of hydrogen-bond donors (Lipinski definition) is 3. The Morgan fingerprint density at radius 1 is 1.38 bits per heavy atom. The van der Waals surface area contributed by atoms with Crippen molar-refractivity contribution in [1.29, 1.82) is 0 Å². The van der Waals surface area contributed by atoms with Gasteiger partial charge in [-0.05, 0) is 32.0 Å². The molecule has 0 radical (unpaired) electrons. The lowest BCUT2D eigenvalue weighted by Gasteiger charge is -2.17. The molecule has 1 aromatic carbocycles. The van der Waals surface area contributed by atoms with E-state index in [4.69, 9.17) is 4.74 Å². The van der Waals surface area contributed by atoms with E-state index in [1.54, 1.807) is 18.3 Å². The monoisotopic (exact) mass is 447 g/mol. The largest absolute Gasteiger partial charge is 0.489 e. The predicted molar refractivity (Wildman–Crippen MR) is 103 cm³/mol. The van der Waals surface area contributed by atoms with E-state index in [0.29, 0.717) is 24.8 Å². The number of aromatic amines is 1. The number of benzene rings is 1. The third-order valence-corrected chi connectivity index (χ3v) is 3.00. The van der Waals surface area contributed by atoms with Gasteiger partial charge in [-0.3, -0.25) is 5.10 Å². The third-order valence-electron chi connectivity index (χ3n) is 3.00. The zero-order valence-electron chi connectivity index (χ0n) is 13.8. The van der Waals surface area contributed by atoms with Crippen LogP contribution in [0.25, 0.3) is 0 Å². The van der Waals surface area contributed by atoms with E-state index in [1.807, 2.05) is 19.9 Å². The van der Waals surface area contributed by atoms with Gasteiger partial charge in [0.2, 0.25) is 0 Å². The van der Waals surface area contributed by atoms with Crippen LogP contribution in [0.1, 0.15) is 19.5 Å². The number of guanidine groups is 1. The van der Waals surface area contributed by atoms with Gasteiger partial charge >= 0.3 is 0 Å². The minimum Gasteiger partial charge on any atom is -0.489 e. The fourth-order valence-electron chi connectivity index (χ4n) is 1.93. The molecule has 24 heavy (non-hydrogen) atoms. The number of aliphatic imine (C=N–C) groups is 1. The molecule has 0 aliphatic rings. The van der Waals surface area contributed by atoms with E-state index < -0.39 is 0 Å². The number of nitrogens with zero attached hydrogens (tertiary/aromatic N) is 2. The van der Waals surface area contributed by atoms with Gasteiger partial charge in [-0.1, -0.05) is 6.07 Å². The van der Waals surface area contributed by atoms with Crippen LogP contribution in [0.3, 0.4) is 0 Å². The Bertz CT molecular complexity index is 621. The van der Waals surface area contributed by atoms with Crippen LogP contribution >= 0.6 is 24.0 Å². The molecule has 0 aliphatic heterocycles. The Kier molecular flexibility index (Phi) is 9.13. The molecule has 1 atom stereocenters. The van der Waals surface area contributed by atoms with Gasteiger partial charge in [0.15, 0.2) is 5.96 Å². The molecule has 1 heterocycles. The maximum Gasteiger partial charge on any atom is 0.191 e. The van der Waals surface area contributed by atoms with Gasteiger partial charge in [-0.2, -0.15) is 5.10 Å². The molecule has 2 rings (SSSR count). The molecular weight excluding hydrogens is 424 g/mol. The average molecular weight is 447 g/mol. The lowest BCUT2D eigenvalue weighted by atomic mass is 10.3. The van der Waals surface area contributed by atoms with Crippen LogP contribution in [0, 0.1) is 5.82 Å². The van der Waals surface area contributed by atoms with E-state index in [-0.39, 0.29) is 35.9 Å². The lowest BCUT2D eigenvalue weighted by molar-refractivity contribution is 0.223. The molecule has 1 aromatic heterocycles. The van der Waals surface area contributed by atoms with Gasteiger partial charge in [0, 0.05) is 18.8 Å². The first-order valence-corrected chi connectivity index (χ1v) is 7.60. The molecule has 0 fully saturated rings. The van der Waals surface area contributed by atoms with Crippen LogP contribution in [0.5, 0.6) is 5.75 Å². The Balaban J connectivity index is 0.00000288. The smallest absolute Gasteiger partial charge is 0.191 e. The summed E-state index contributed by atoms with van der Waals surface area (Å²) in [6.07, 6.45) is 1.56. The van der Waals surface area contributed by atoms with Crippen molar-refractivity contribution < 1.29 is 9.13 Å². The first-order chi connectivity index (χ1) is 11.2. The Morgan fingerprint density at radius 3 is 2.88 bits per heavy atom. The maximum absolute atomic E-state index is 13.1. The van der Waals surface area contributed by atoms with E-state index in [2.05, 4.69) is 25.8 Å². The van der Waals surface area contributed by atoms with Crippen molar-refractivity contribution >= 4 is 29.9 Å². The highest BCUT2D eigenvalue weighted by atomic mass is 127. The molecule has 6 nitrogen and oxygen atoms in total. The SMILES string of the molecule is CCNC(=NCc1ccn[nH]1)NCC(C)Oc1cccc(F)c1.I. The number of halogens is 2. The second kappa shape index (κ2) is 10.8. The normalized spacial score (nSPS) is 12.2. The predicted octanol–water partition coefficient (Wildman–Crippen LogP) is 2.69. The summed E-state index contributed by atoms with van der Waals surface area (Å²) in [5.74, 6) is 0.896. The van der Waals surface area contributed by atoms with Crippen LogP contribution in [0.2, 0.25) is 0 Å². The number of H-pyrrole nitrogens is 1. The molecular formula is C16H23FIN5O. The summed E-state index contributed by atoms with van der Waals surface area (Å²) >= 11 is 0. The summed E-state index contributed by atoms with van der Waals surface area (Å²) in [4.78, 5) is 4.46. The quantitative estimate of drug-likeness (QED) is 0.347. The van der Waals surface area contributed by atoms with Gasteiger partial charge in [0.25, 0.3) is 0 Å². The van der Waals surface area contributed by atoms with Crippen LogP contribution < -0.4 is 15.4 Å². The van der Waals surface area contributed by atoms with E-state index in [9.17, 15) is 4.39 Å². The van der Waals surface area contributed by atoms with Crippen LogP contribution in [0.15, 0.2) is 41.5 Å². The average Bonchev–Trinajstić information content (AvgIpc) is 3.03. The molecule has 0 saturated heterocycles. The highest BCUT2D eigenvalue weighted by molar-refractivity contribution is 14.0. The van der Waals surface area contributed by atoms with Crippen LogP contribution in [-0.2, 0) is 6.54 Å². The van der Waals surface area contributed by atoms with Crippen LogP contribution in [0.4, 0.5) is 4.39 Å². The molecule has 132 valence electrons. The van der Waals surface area contributed by atoms with E-state index in [1.165, 1.54) is 12.1 Å². The number of nitrogens with one attached hydrogen (secondary N) is 3. The standard InChI is InChI=1S/C16H22FN5O.HI/c1-3-18-16(20-11-14-7-8-21-22-14)19-10-12(2)23-15-6-4-5-13(17)9-15;/h4-9,12H,3,10-11H2,1-2H3,(H,21,22)(H2,18,19,20);1H. The van der Waals surface area contributed by atoms with Crippen molar-refractivity contribution in [3.05, 3.63) is 48.0 Å². The molecule has 0 amide bonds. The van der Waals surface area contributed by atoms with Crippen molar-refractivity contribution in [3.63, 3.8) is 0 Å². The Morgan fingerprint density at radius 2 is 2.21 bits per heavy atom. The highest BCUT2D eigenvalue weighted by Crippen LogP contribution is 2.13. The summed E-state index contributed by atoms with van der Waals surface area (Å²) in [6, 6.07) is 8.00. The van der Waals surface area contributed by atoms with E-state index >= 15 is 0 Å². The summed E-state index contributed by atoms with van der Waals surface area (Å²) < 4.78 is 18.8. The van der Waals surface area contributed by atoms with Crippen LogP contribution in [-0.4, -0.2) is 35.4 Å². The summed E-state index contributed by atoms with van der Waals surface area (Å²) in [5, 5.41) is 13.1. The van der Waals surface area contributed by atoms with Crippen molar-refractivity contribution in [2.75, 3.05) is 13.1 Å². The third kappa shape index (κ3) is 7.16. The van der Waals surface area contributed by atoms with Gasteiger partial charge in [0.1, 0.15) is 17.7 Å². The fraction of sp³-hybridized carbons (Fsp3) is 0.375. The second-order valence-electron chi connectivity index (χ2n) is 5.04. The molecule has 0 spiro atoms. The molecule has 1 unspecified atom stereocenters. The number of ether oxygens (including phenoxy) is 1. The zero-order chi connectivity index (χ0) is 16.5. The second-order valence-corrected chi connectivity index (χ2v) is 5.04. The first-order valence-electron chi connectivity index (χ1n) is 7.60. The van der Waals surface area contributed by atoms with Crippen molar-refractivity contribution in [2.24, 2.45) is 4.99 Å². The summed E-state index contributed by atoms with van der Waals surface area (Å²) in [5.41, 5.74) is 0.936. The molecule has 8 heteroatoms.